The number of hydrogen-bond acceptors (Lipinski definition) is 15. The van der Waals surface area contributed by atoms with Gasteiger partial charge >= 0.3 is 39.5 Å². The number of ether oxygens (including phenoxy) is 4. The van der Waals surface area contributed by atoms with Crippen LogP contribution in [0.25, 0.3) is 0 Å². The molecule has 0 amide bonds. The van der Waals surface area contributed by atoms with E-state index in [1.54, 1.807) is 0 Å². The van der Waals surface area contributed by atoms with Gasteiger partial charge in [-0.2, -0.15) is 0 Å². The Balaban J connectivity index is 5.13. The second kappa shape index (κ2) is 64.4. The highest BCUT2D eigenvalue weighted by atomic mass is 31.2. The zero-order chi connectivity index (χ0) is 66.3. The largest absolute Gasteiger partial charge is 0.472 e. The molecule has 0 saturated heterocycles. The predicted molar refractivity (Wildman–Crippen MR) is 363 cm³/mol. The lowest BCUT2D eigenvalue weighted by Gasteiger charge is -2.21. The van der Waals surface area contributed by atoms with Crippen LogP contribution in [0.15, 0.2) is 0 Å². The smallest absolute Gasteiger partial charge is 0.462 e. The van der Waals surface area contributed by atoms with E-state index >= 15 is 0 Å². The van der Waals surface area contributed by atoms with E-state index in [-0.39, 0.29) is 25.7 Å². The summed E-state index contributed by atoms with van der Waals surface area (Å²) in [5, 5.41) is 10.6. The van der Waals surface area contributed by atoms with Gasteiger partial charge in [-0.3, -0.25) is 37.3 Å². The first kappa shape index (κ1) is 88.1. The molecular formula is C71H138O17P2. The summed E-state index contributed by atoms with van der Waals surface area (Å²) in [6, 6.07) is 0. The first-order chi connectivity index (χ1) is 43.5. The highest BCUT2D eigenvalue weighted by Crippen LogP contribution is 2.45. The van der Waals surface area contributed by atoms with Gasteiger partial charge in [-0.25, -0.2) is 9.13 Å². The van der Waals surface area contributed by atoms with E-state index in [0.29, 0.717) is 25.7 Å². The summed E-state index contributed by atoms with van der Waals surface area (Å²) >= 11 is 0. The van der Waals surface area contributed by atoms with E-state index in [1.165, 1.54) is 180 Å². The fourth-order valence-corrected chi connectivity index (χ4v) is 12.4. The summed E-state index contributed by atoms with van der Waals surface area (Å²) in [4.78, 5) is 72.4. The third kappa shape index (κ3) is 64.8. The molecule has 3 N–H and O–H groups in total. The summed E-state index contributed by atoms with van der Waals surface area (Å²) in [5.41, 5.74) is 0. The van der Waals surface area contributed by atoms with Gasteiger partial charge in [0.2, 0.25) is 0 Å². The third-order valence-corrected chi connectivity index (χ3v) is 18.4. The summed E-state index contributed by atoms with van der Waals surface area (Å²) in [6.45, 7) is 7.24. The SMILES string of the molecule is CCCCCCCCCCCCCC(=O)OC[C@H](COP(=O)(O)OC[C@@H](O)COP(=O)(O)OC[C@@H](COC(=O)CCCCCCCCC)OC(=O)CCCCCCCCCCCCC)OC(=O)CCCCCCCCCCCCCCCCCCCCC(C)C. The van der Waals surface area contributed by atoms with Gasteiger partial charge in [0, 0.05) is 25.7 Å². The Hall–Kier alpha value is -1.94. The highest BCUT2D eigenvalue weighted by Gasteiger charge is 2.30. The van der Waals surface area contributed by atoms with Crippen molar-refractivity contribution in [3.05, 3.63) is 0 Å². The van der Waals surface area contributed by atoms with Crippen molar-refractivity contribution in [2.75, 3.05) is 39.6 Å². The van der Waals surface area contributed by atoms with Gasteiger partial charge in [-0.05, 0) is 31.6 Å². The molecule has 0 bridgehead atoms. The molecule has 17 nitrogen and oxygen atoms in total. The van der Waals surface area contributed by atoms with Gasteiger partial charge in [-0.1, -0.05) is 317 Å². The van der Waals surface area contributed by atoms with Gasteiger partial charge in [0.25, 0.3) is 0 Å². The maximum absolute atomic E-state index is 13.0. The summed E-state index contributed by atoms with van der Waals surface area (Å²) in [6.07, 6.45) is 51.5. The number of rotatable bonds is 71. The van der Waals surface area contributed by atoms with Crippen molar-refractivity contribution < 1.29 is 80.2 Å². The van der Waals surface area contributed by atoms with E-state index in [4.69, 9.17) is 37.0 Å². The number of hydrogen-bond donors (Lipinski definition) is 3. The predicted octanol–water partition coefficient (Wildman–Crippen LogP) is 20.5. The van der Waals surface area contributed by atoms with Crippen molar-refractivity contribution in [2.45, 2.75) is 387 Å². The number of phosphoric ester groups is 2. The molecule has 0 heterocycles. The van der Waals surface area contributed by atoms with Crippen LogP contribution in [0.1, 0.15) is 369 Å². The van der Waals surface area contributed by atoms with E-state index < -0.39 is 97.5 Å². The van der Waals surface area contributed by atoms with Crippen molar-refractivity contribution in [2.24, 2.45) is 5.92 Å². The quantitative estimate of drug-likeness (QED) is 0.0222. The van der Waals surface area contributed by atoms with Crippen LogP contribution < -0.4 is 0 Å². The van der Waals surface area contributed by atoms with Crippen LogP contribution >= 0.6 is 15.6 Å². The van der Waals surface area contributed by atoms with Crippen LogP contribution in [0, 0.1) is 5.92 Å². The van der Waals surface area contributed by atoms with E-state index in [0.717, 1.165) is 109 Å². The van der Waals surface area contributed by atoms with Crippen LogP contribution in [0.2, 0.25) is 0 Å². The number of phosphoric acid groups is 2. The Morgan fingerprint density at radius 3 is 0.756 bits per heavy atom. The molecule has 0 fully saturated rings. The molecule has 0 spiro atoms. The van der Waals surface area contributed by atoms with E-state index in [9.17, 15) is 43.2 Å². The minimum Gasteiger partial charge on any atom is -0.462 e. The van der Waals surface area contributed by atoms with Crippen molar-refractivity contribution in [3.63, 3.8) is 0 Å². The van der Waals surface area contributed by atoms with Crippen molar-refractivity contribution in [1.82, 2.24) is 0 Å². The standard InChI is InChI=1S/C71H138O17P2/c1-6-9-12-15-18-20-30-35-40-45-50-55-69(74)82-61-67(88-71(76)57-52-47-42-37-33-29-27-25-23-22-24-26-28-32-34-39-43-48-53-64(4)5)63-86-90(79,80)84-59-65(72)58-83-89(77,78)85-62-66(60-81-68(73)54-49-44-38-17-14-11-8-3)87-70(75)56-51-46-41-36-31-21-19-16-13-10-7-2/h64-67,72H,6-63H2,1-5H3,(H,77,78)(H,79,80)/t65-,66+,67+/m0/s1. The number of esters is 4. The van der Waals surface area contributed by atoms with Crippen LogP contribution in [0.4, 0.5) is 0 Å². The lowest BCUT2D eigenvalue weighted by Crippen LogP contribution is -2.30. The summed E-state index contributed by atoms with van der Waals surface area (Å²) in [7, 11) is -9.89. The van der Waals surface area contributed by atoms with Gasteiger partial charge in [0.1, 0.15) is 19.3 Å². The number of aliphatic hydroxyl groups is 1. The second-order valence-corrected chi connectivity index (χ2v) is 29.0. The molecule has 5 atom stereocenters. The molecule has 0 radical (unpaired) electrons. The molecule has 0 rings (SSSR count). The normalized spacial score (nSPS) is 14.1. The first-order valence-corrected chi connectivity index (χ1v) is 40.1. The number of carbonyl (C=O) groups excluding carboxylic acids is 4. The molecule has 0 saturated carbocycles. The Bertz CT molecular complexity index is 1740. The zero-order valence-electron chi connectivity index (χ0n) is 58.3. The van der Waals surface area contributed by atoms with Gasteiger partial charge < -0.3 is 33.8 Å². The second-order valence-electron chi connectivity index (χ2n) is 26.1. The summed E-state index contributed by atoms with van der Waals surface area (Å²) in [5.74, 6) is -1.31. The van der Waals surface area contributed by atoms with Crippen molar-refractivity contribution in [1.29, 1.82) is 0 Å². The monoisotopic (exact) mass is 1320 g/mol. The zero-order valence-corrected chi connectivity index (χ0v) is 60.1. The molecule has 0 aliphatic rings. The minimum atomic E-state index is -4.95. The fourth-order valence-electron chi connectivity index (χ4n) is 10.8. The average molecular weight is 1330 g/mol. The molecule has 90 heavy (non-hydrogen) atoms. The molecular weight excluding hydrogens is 1190 g/mol. The van der Waals surface area contributed by atoms with Crippen LogP contribution in [-0.4, -0.2) is 96.7 Å². The molecule has 19 heteroatoms. The third-order valence-electron chi connectivity index (χ3n) is 16.5. The molecule has 0 aliphatic carbocycles. The maximum Gasteiger partial charge on any atom is 0.472 e. The van der Waals surface area contributed by atoms with E-state index in [2.05, 4.69) is 34.6 Å². The van der Waals surface area contributed by atoms with Gasteiger partial charge in [0.15, 0.2) is 12.2 Å². The van der Waals surface area contributed by atoms with Crippen LogP contribution in [0.3, 0.4) is 0 Å². The average Bonchev–Trinajstić information content (AvgIpc) is 3.64. The Kier molecular flexibility index (Phi) is 63.0. The van der Waals surface area contributed by atoms with Crippen LogP contribution in [0.5, 0.6) is 0 Å². The topological polar surface area (TPSA) is 237 Å². The van der Waals surface area contributed by atoms with Gasteiger partial charge in [-0.15, -0.1) is 0 Å². The van der Waals surface area contributed by atoms with Crippen molar-refractivity contribution in [3.8, 4) is 0 Å². The number of aliphatic hydroxyl groups excluding tert-OH is 1. The van der Waals surface area contributed by atoms with E-state index in [1.807, 2.05) is 0 Å². The Labute approximate surface area is 549 Å². The molecule has 0 aromatic rings. The minimum absolute atomic E-state index is 0.107. The van der Waals surface area contributed by atoms with Crippen LogP contribution in [-0.2, 0) is 65.4 Å². The molecule has 0 aromatic heterocycles. The number of unbranched alkanes of at least 4 members (excludes halogenated alkanes) is 43. The highest BCUT2D eigenvalue weighted by molar-refractivity contribution is 7.47. The van der Waals surface area contributed by atoms with Crippen molar-refractivity contribution >= 4 is 39.5 Å². The molecule has 2 unspecified atom stereocenters. The Morgan fingerprint density at radius 2 is 0.511 bits per heavy atom. The fraction of sp³-hybridized carbons (Fsp3) is 0.944. The molecule has 0 aromatic carbocycles. The summed E-state index contributed by atoms with van der Waals surface area (Å²) < 4.78 is 68.2. The molecule has 534 valence electrons. The lowest BCUT2D eigenvalue weighted by molar-refractivity contribution is -0.161. The number of carbonyl (C=O) groups is 4. The molecule has 0 aliphatic heterocycles. The maximum atomic E-state index is 13.0. The lowest BCUT2D eigenvalue weighted by atomic mass is 10.0. The van der Waals surface area contributed by atoms with Gasteiger partial charge in [0.05, 0.1) is 26.4 Å². The first-order valence-electron chi connectivity index (χ1n) is 37.1. The Morgan fingerprint density at radius 1 is 0.300 bits per heavy atom.